The molecular formula is C14H18BrClNO3-. The lowest BCUT2D eigenvalue weighted by atomic mass is 10.2. The lowest BCUT2D eigenvalue weighted by Gasteiger charge is -2.28. The van der Waals surface area contributed by atoms with Gasteiger partial charge in [0, 0.05) is 24.1 Å². The first kappa shape index (κ1) is 17.4. The van der Waals surface area contributed by atoms with Crippen molar-refractivity contribution in [3.05, 3.63) is 34.3 Å². The Morgan fingerprint density at radius 2 is 1.95 bits per heavy atom. The zero-order chi connectivity index (χ0) is 13.7. The fourth-order valence-corrected chi connectivity index (χ4v) is 2.29. The van der Waals surface area contributed by atoms with Crippen molar-refractivity contribution in [2.75, 3.05) is 32.8 Å². The van der Waals surface area contributed by atoms with Crippen LogP contribution in [0.3, 0.4) is 0 Å². The average molecular weight is 364 g/mol. The van der Waals surface area contributed by atoms with Gasteiger partial charge in [-0.1, -0.05) is 15.9 Å². The Labute approximate surface area is 134 Å². The summed E-state index contributed by atoms with van der Waals surface area (Å²) in [5.74, 6) is -0.270. The Morgan fingerprint density at radius 3 is 2.55 bits per heavy atom. The minimum absolute atomic E-state index is 0. The predicted octanol–water partition coefficient (Wildman–Crippen LogP) is -0.669. The van der Waals surface area contributed by atoms with E-state index in [-0.39, 0.29) is 24.5 Å². The van der Waals surface area contributed by atoms with Gasteiger partial charge in [-0.05, 0) is 31.2 Å². The predicted molar refractivity (Wildman–Crippen MR) is 76.3 cm³/mol. The highest BCUT2D eigenvalue weighted by molar-refractivity contribution is 9.10. The van der Waals surface area contributed by atoms with Crippen LogP contribution in [0.1, 0.15) is 17.3 Å². The van der Waals surface area contributed by atoms with Crippen LogP contribution in [0.15, 0.2) is 28.7 Å². The SMILES string of the molecule is CC(CN1CCOCC1)OC(=O)c1ccc(Br)cc1.[Cl-]. The van der Waals surface area contributed by atoms with Crippen molar-refractivity contribution in [2.45, 2.75) is 13.0 Å². The van der Waals surface area contributed by atoms with Crippen LogP contribution >= 0.6 is 15.9 Å². The maximum Gasteiger partial charge on any atom is 0.338 e. The second kappa shape index (κ2) is 8.62. The Balaban J connectivity index is 0.00000200. The first-order valence-electron chi connectivity index (χ1n) is 6.42. The summed E-state index contributed by atoms with van der Waals surface area (Å²) in [6, 6.07) is 7.19. The highest BCUT2D eigenvalue weighted by atomic mass is 79.9. The molecule has 1 fully saturated rings. The Kier molecular flexibility index (Phi) is 7.51. The zero-order valence-corrected chi connectivity index (χ0v) is 13.7. The van der Waals surface area contributed by atoms with Gasteiger partial charge in [0.1, 0.15) is 6.10 Å². The number of benzene rings is 1. The number of nitrogens with zero attached hydrogens (tertiary/aromatic N) is 1. The van der Waals surface area contributed by atoms with E-state index in [1.54, 1.807) is 12.1 Å². The van der Waals surface area contributed by atoms with Crippen LogP contribution < -0.4 is 12.4 Å². The molecule has 1 aliphatic rings. The van der Waals surface area contributed by atoms with E-state index in [1.165, 1.54) is 0 Å². The van der Waals surface area contributed by atoms with Crippen molar-refractivity contribution in [2.24, 2.45) is 0 Å². The number of rotatable bonds is 4. The first-order valence-corrected chi connectivity index (χ1v) is 7.21. The highest BCUT2D eigenvalue weighted by Crippen LogP contribution is 2.12. The lowest BCUT2D eigenvalue weighted by molar-refractivity contribution is -0.000646. The lowest BCUT2D eigenvalue weighted by Crippen LogP contribution is -3.00. The van der Waals surface area contributed by atoms with Gasteiger partial charge in [-0.25, -0.2) is 4.79 Å². The molecule has 1 saturated heterocycles. The van der Waals surface area contributed by atoms with Gasteiger partial charge >= 0.3 is 5.97 Å². The fourth-order valence-electron chi connectivity index (χ4n) is 2.02. The van der Waals surface area contributed by atoms with E-state index in [9.17, 15) is 4.79 Å². The van der Waals surface area contributed by atoms with E-state index in [2.05, 4.69) is 20.8 Å². The van der Waals surface area contributed by atoms with Crippen molar-refractivity contribution in [1.29, 1.82) is 0 Å². The smallest absolute Gasteiger partial charge is 0.338 e. The largest absolute Gasteiger partial charge is 1.00 e. The summed E-state index contributed by atoms with van der Waals surface area (Å²) in [5.41, 5.74) is 0.581. The van der Waals surface area contributed by atoms with Gasteiger partial charge < -0.3 is 21.9 Å². The van der Waals surface area contributed by atoms with E-state index in [0.717, 1.165) is 37.3 Å². The maximum absolute atomic E-state index is 11.9. The number of halogens is 2. The summed E-state index contributed by atoms with van der Waals surface area (Å²) in [4.78, 5) is 14.2. The highest BCUT2D eigenvalue weighted by Gasteiger charge is 2.17. The number of hydrogen-bond donors (Lipinski definition) is 0. The van der Waals surface area contributed by atoms with Crippen LogP contribution in [0.5, 0.6) is 0 Å². The molecule has 20 heavy (non-hydrogen) atoms. The molecule has 1 aromatic carbocycles. The Morgan fingerprint density at radius 1 is 1.35 bits per heavy atom. The molecule has 1 aromatic rings. The summed E-state index contributed by atoms with van der Waals surface area (Å²) >= 11 is 3.34. The van der Waals surface area contributed by atoms with Gasteiger partial charge in [0.2, 0.25) is 0 Å². The van der Waals surface area contributed by atoms with Crippen LogP contribution in [0.2, 0.25) is 0 Å². The molecule has 0 bridgehead atoms. The zero-order valence-electron chi connectivity index (χ0n) is 11.4. The van der Waals surface area contributed by atoms with Gasteiger partial charge in [0.25, 0.3) is 0 Å². The molecule has 0 aliphatic carbocycles. The number of esters is 1. The summed E-state index contributed by atoms with van der Waals surface area (Å²) in [7, 11) is 0. The molecule has 1 atom stereocenters. The molecule has 0 saturated carbocycles. The number of carbonyl (C=O) groups is 1. The molecule has 0 aromatic heterocycles. The summed E-state index contributed by atoms with van der Waals surface area (Å²) in [6.07, 6.45) is -0.116. The standard InChI is InChI=1S/C14H18BrNO3.ClH/c1-11(10-16-6-8-18-9-7-16)19-14(17)12-2-4-13(15)5-3-12;/h2-5,11H,6-10H2,1H3;1H/p-1. The number of morpholine rings is 1. The molecule has 0 spiro atoms. The third kappa shape index (κ3) is 5.40. The summed E-state index contributed by atoms with van der Waals surface area (Å²) in [5, 5.41) is 0. The summed E-state index contributed by atoms with van der Waals surface area (Å²) in [6.45, 7) is 6.00. The first-order chi connectivity index (χ1) is 9.15. The molecule has 4 nitrogen and oxygen atoms in total. The molecule has 6 heteroatoms. The van der Waals surface area contributed by atoms with Gasteiger partial charge in [-0.3, -0.25) is 4.90 Å². The van der Waals surface area contributed by atoms with Crippen LogP contribution in [0.4, 0.5) is 0 Å². The number of carbonyl (C=O) groups excluding carboxylic acids is 1. The maximum atomic E-state index is 11.9. The average Bonchev–Trinajstić information content (AvgIpc) is 2.40. The minimum Gasteiger partial charge on any atom is -1.00 e. The monoisotopic (exact) mass is 362 g/mol. The van der Waals surface area contributed by atoms with Gasteiger partial charge in [-0.15, -0.1) is 0 Å². The second-order valence-corrected chi connectivity index (χ2v) is 5.55. The molecule has 0 amide bonds. The second-order valence-electron chi connectivity index (χ2n) is 4.64. The molecule has 1 aliphatic heterocycles. The van der Waals surface area contributed by atoms with Gasteiger partial charge in [-0.2, -0.15) is 0 Å². The van der Waals surface area contributed by atoms with Crippen LogP contribution in [-0.4, -0.2) is 49.8 Å². The molecule has 0 N–H and O–H groups in total. The number of ether oxygens (including phenoxy) is 2. The number of hydrogen-bond acceptors (Lipinski definition) is 4. The van der Waals surface area contributed by atoms with Crippen molar-refractivity contribution in [3.8, 4) is 0 Å². The molecular weight excluding hydrogens is 346 g/mol. The normalized spacial score (nSPS) is 17.1. The van der Waals surface area contributed by atoms with E-state index in [0.29, 0.717) is 5.56 Å². The van der Waals surface area contributed by atoms with Crippen molar-refractivity contribution < 1.29 is 26.7 Å². The molecule has 2 rings (SSSR count). The quantitative estimate of drug-likeness (QED) is 0.665. The Hall–Kier alpha value is -0.620. The molecule has 0 radical (unpaired) electrons. The van der Waals surface area contributed by atoms with E-state index >= 15 is 0 Å². The van der Waals surface area contributed by atoms with Crippen molar-refractivity contribution in [3.63, 3.8) is 0 Å². The minimum atomic E-state index is -0.270. The van der Waals surface area contributed by atoms with Crippen molar-refractivity contribution in [1.82, 2.24) is 4.90 Å². The third-order valence-corrected chi connectivity index (χ3v) is 3.54. The fraction of sp³-hybridized carbons (Fsp3) is 0.500. The molecule has 112 valence electrons. The topological polar surface area (TPSA) is 38.8 Å². The van der Waals surface area contributed by atoms with Crippen LogP contribution in [-0.2, 0) is 9.47 Å². The molecule has 1 heterocycles. The van der Waals surface area contributed by atoms with Gasteiger partial charge in [0.05, 0.1) is 18.8 Å². The van der Waals surface area contributed by atoms with Crippen LogP contribution in [0.25, 0.3) is 0 Å². The van der Waals surface area contributed by atoms with E-state index in [4.69, 9.17) is 9.47 Å². The van der Waals surface area contributed by atoms with Crippen molar-refractivity contribution >= 4 is 21.9 Å². The van der Waals surface area contributed by atoms with Gasteiger partial charge in [0.15, 0.2) is 0 Å². The van der Waals surface area contributed by atoms with Crippen LogP contribution in [0, 0.1) is 0 Å². The third-order valence-electron chi connectivity index (χ3n) is 3.01. The summed E-state index contributed by atoms with van der Waals surface area (Å²) < 4.78 is 11.7. The Bertz CT molecular complexity index is 421. The van der Waals surface area contributed by atoms with E-state index in [1.807, 2.05) is 19.1 Å². The molecule has 1 unspecified atom stereocenters. The van der Waals surface area contributed by atoms with E-state index < -0.39 is 0 Å².